The lowest BCUT2D eigenvalue weighted by molar-refractivity contribution is -0.0517. The van der Waals surface area contributed by atoms with Crippen molar-refractivity contribution in [2.24, 2.45) is 0 Å². The van der Waals surface area contributed by atoms with Gasteiger partial charge in [-0.3, -0.25) is 0 Å². The molecule has 0 spiro atoms. The maximum absolute atomic E-state index is 6.27. The average molecular weight is 250 g/mol. The molecular weight excluding hydrogens is 234 g/mol. The second-order valence-corrected chi connectivity index (χ2v) is 5.42. The number of halogens is 1. The van der Waals surface area contributed by atoms with E-state index in [4.69, 9.17) is 16.3 Å². The minimum atomic E-state index is -0.102. The molecule has 1 N–H and O–H groups in total. The molecule has 0 aliphatic carbocycles. The van der Waals surface area contributed by atoms with Gasteiger partial charge in [0.2, 0.25) is 0 Å². The third kappa shape index (κ3) is 1.55. The highest BCUT2D eigenvalue weighted by atomic mass is 35.5. The summed E-state index contributed by atoms with van der Waals surface area (Å²) in [5, 5.41) is 4.22. The van der Waals surface area contributed by atoms with Crippen molar-refractivity contribution in [3.63, 3.8) is 0 Å². The first-order chi connectivity index (χ1) is 8.15. The van der Waals surface area contributed by atoms with Crippen LogP contribution in [0.2, 0.25) is 5.02 Å². The number of rotatable bonds is 1. The van der Waals surface area contributed by atoms with Gasteiger partial charge in [-0.25, -0.2) is 0 Å². The monoisotopic (exact) mass is 249 g/mol. The van der Waals surface area contributed by atoms with Gasteiger partial charge in [0.25, 0.3) is 0 Å². The van der Waals surface area contributed by atoms with Crippen LogP contribution in [0, 0.1) is 0 Å². The molecular formula is C14H16ClNO. The van der Waals surface area contributed by atoms with Crippen LogP contribution in [0.3, 0.4) is 0 Å². The van der Waals surface area contributed by atoms with E-state index in [9.17, 15) is 0 Å². The van der Waals surface area contributed by atoms with Gasteiger partial charge >= 0.3 is 0 Å². The summed E-state index contributed by atoms with van der Waals surface area (Å²) in [5.74, 6) is 0.373. The Morgan fingerprint density at radius 2 is 2.41 bits per heavy atom. The minimum absolute atomic E-state index is 0.102. The van der Waals surface area contributed by atoms with Gasteiger partial charge < -0.3 is 10.1 Å². The highest BCUT2D eigenvalue weighted by Gasteiger charge is 2.45. The molecule has 1 fully saturated rings. The molecule has 2 aliphatic heterocycles. The van der Waals surface area contributed by atoms with Crippen molar-refractivity contribution in [3.8, 4) is 0 Å². The van der Waals surface area contributed by atoms with E-state index < -0.39 is 0 Å². The minimum Gasteiger partial charge on any atom is -0.369 e. The lowest BCUT2D eigenvalue weighted by Gasteiger charge is -2.38. The molecule has 3 heteroatoms. The number of fused-ring (bicyclic) bond motifs is 3. The summed E-state index contributed by atoms with van der Waals surface area (Å²) in [6.45, 7) is 8.53. The van der Waals surface area contributed by atoms with Crippen LogP contribution >= 0.6 is 11.6 Å². The van der Waals surface area contributed by atoms with E-state index in [0.717, 1.165) is 23.7 Å². The Hall–Kier alpha value is -0.830. The maximum atomic E-state index is 6.27. The lowest BCUT2D eigenvalue weighted by atomic mass is 9.79. The van der Waals surface area contributed by atoms with Gasteiger partial charge in [-0.2, -0.15) is 0 Å². The normalized spacial score (nSPS) is 30.8. The van der Waals surface area contributed by atoms with Crippen molar-refractivity contribution in [1.29, 1.82) is 0 Å². The number of hydrogen-bond acceptors (Lipinski definition) is 2. The summed E-state index contributed by atoms with van der Waals surface area (Å²) in [7, 11) is 0. The predicted molar refractivity (Wildman–Crippen MR) is 70.3 cm³/mol. The van der Waals surface area contributed by atoms with Gasteiger partial charge in [-0.15, -0.1) is 0 Å². The fourth-order valence-corrected chi connectivity index (χ4v) is 3.21. The van der Waals surface area contributed by atoms with Crippen molar-refractivity contribution >= 4 is 17.7 Å². The molecule has 0 saturated carbocycles. The third-order valence-electron chi connectivity index (χ3n) is 4.01. The van der Waals surface area contributed by atoms with E-state index in [0.29, 0.717) is 12.5 Å². The Balaban J connectivity index is 2.21. The Labute approximate surface area is 107 Å². The molecule has 0 bridgehead atoms. The highest BCUT2D eigenvalue weighted by molar-refractivity contribution is 6.31. The van der Waals surface area contributed by atoms with Crippen LogP contribution in [0.1, 0.15) is 29.5 Å². The summed E-state index contributed by atoms with van der Waals surface area (Å²) in [6, 6.07) is 3.99. The van der Waals surface area contributed by atoms with E-state index in [1.54, 1.807) is 0 Å². The Bertz CT molecular complexity index is 485. The zero-order chi connectivity index (χ0) is 12.0. The first kappa shape index (κ1) is 11.3. The summed E-state index contributed by atoms with van der Waals surface area (Å²) < 4.78 is 6.01. The average Bonchev–Trinajstić information content (AvgIpc) is 2.71. The molecule has 17 heavy (non-hydrogen) atoms. The Morgan fingerprint density at radius 1 is 1.59 bits per heavy atom. The first-order valence-electron chi connectivity index (χ1n) is 5.94. The number of ether oxygens (including phenoxy) is 1. The van der Waals surface area contributed by atoms with Crippen LogP contribution in [0.15, 0.2) is 18.7 Å². The molecule has 2 nitrogen and oxygen atoms in total. The second-order valence-electron chi connectivity index (χ2n) is 5.02. The van der Waals surface area contributed by atoms with Crippen molar-refractivity contribution in [2.45, 2.75) is 25.0 Å². The molecule has 1 aromatic carbocycles. The predicted octanol–water partition coefficient (Wildman–Crippen LogP) is 2.96. The van der Waals surface area contributed by atoms with Crippen molar-refractivity contribution in [3.05, 3.63) is 40.4 Å². The van der Waals surface area contributed by atoms with E-state index in [2.05, 4.69) is 24.9 Å². The zero-order valence-corrected chi connectivity index (χ0v) is 10.7. The van der Waals surface area contributed by atoms with E-state index in [1.807, 2.05) is 12.1 Å². The standard InChI is InChI=1S/C14H16ClNO/c1-3-9-4-5-12(15)10-7-17-14(2)8-16-6-11(14)13(9)10/h3-5,11,16H,1,6-8H2,2H3/t11-,14-/m0/s1. The van der Waals surface area contributed by atoms with Gasteiger partial charge in [0.1, 0.15) is 0 Å². The molecule has 2 aliphatic rings. The summed E-state index contributed by atoms with van der Waals surface area (Å²) in [4.78, 5) is 0. The molecule has 3 rings (SSSR count). The van der Waals surface area contributed by atoms with Crippen LogP contribution in [-0.2, 0) is 11.3 Å². The largest absolute Gasteiger partial charge is 0.369 e. The van der Waals surface area contributed by atoms with Crippen LogP contribution in [-0.4, -0.2) is 18.7 Å². The van der Waals surface area contributed by atoms with Gasteiger partial charge in [0.05, 0.1) is 12.2 Å². The van der Waals surface area contributed by atoms with E-state index in [-0.39, 0.29) is 5.60 Å². The number of nitrogens with one attached hydrogen (secondary N) is 1. The highest BCUT2D eigenvalue weighted by Crippen LogP contribution is 2.44. The fourth-order valence-electron chi connectivity index (χ4n) is 2.99. The van der Waals surface area contributed by atoms with Gasteiger partial charge in [-0.05, 0) is 24.1 Å². The molecule has 1 saturated heterocycles. The summed E-state index contributed by atoms with van der Waals surface area (Å²) in [5.41, 5.74) is 3.55. The third-order valence-corrected chi connectivity index (χ3v) is 4.36. The van der Waals surface area contributed by atoms with Gasteiger partial charge in [0, 0.05) is 29.6 Å². The van der Waals surface area contributed by atoms with Crippen molar-refractivity contribution in [1.82, 2.24) is 5.32 Å². The van der Waals surface area contributed by atoms with Crippen LogP contribution < -0.4 is 5.32 Å². The molecule has 0 unspecified atom stereocenters. The van der Waals surface area contributed by atoms with Crippen LogP contribution in [0.25, 0.3) is 6.08 Å². The van der Waals surface area contributed by atoms with Crippen LogP contribution in [0.5, 0.6) is 0 Å². The summed E-state index contributed by atoms with van der Waals surface area (Å²) in [6.07, 6.45) is 1.92. The van der Waals surface area contributed by atoms with E-state index in [1.165, 1.54) is 11.1 Å². The molecule has 2 atom stereocenters. The molecule has 90 valence electrons. The van der Waals surface area contributed by atoms with Crippen molar-refractivity contribution in [2.75, 3.05) is 13.1 Å². The van der Waals surface area contributed by atoms with Gasteiger partial charge in [-0.1, -0.05) is 30.3 Å². The number of hydrogen-bond donors (Lipinski definition) is 1. The van der Waals surface area contributed by atoms with Crippen LogP contribution in [0.4, 0.5) is 0 Å². The molecule has 0 amide bonds. The smallest absolute Gasteiger partial charge is 0.0863 e. The molecule has 2 heterocycles. The quantitative estimate of drug-likeness (QED) is 0.826. The lowest BCUT2D eigenvalue weighted by Crippen LogP contribution is -2.40. The van der Waals surface area contributed by atoms with Crippen molar-refractivity contribution < 1.29 is 4.74 Å². The summed E-state index contributed by atoms with van der Waals surface area (Å²) >= 11 is 6.27. The topological polar surface area (TPSA) is 21.3 Å². The second kappa shape index (κ2) is 3.84. The SMILES string of the molecule is C=Cc1ccc(Cl)c2c1[C@@H]1CNC[C@]1(C)OC2. The van der Waals surface area contributed by atoms with E-state index >= 15 is 0 Å². The maximum Gasteiger partial charge on any atom is 0.0863 e. The Morgan fingerprint density at radius 3 is 3.18 bits per heavy atom. The zero-order valence-electron chi connectivity index (χ0n) is 9.92. The van der Waals surface area contributed by atoms with Gasteiger partial charge in [0.15, 0.2) is 0 Å². The molecule has 1 aromatic rings. The molecule has 0 aromatic heterocycles. The first-order valence-corrected chi connectivity index (χ1v) is 6.32. The number of benzene rings is 1. The molecule has 0 radical (unpaired) electrons. The fraction of sp³-hybridized carbons (Fsp3) is 0.429. The Kier molecular flexibility index (Phi) is 2.54.